The number of fused-ring (bicyclic) bond motifs is 1. The number of amides is 2. The molecule has 1 atom stereocenters. The van der Waals surface area contributed by atoms with Crippen LogP contribution in [0.3, 0.4) is 0 Å². The summed E-state index contributed by atoms with van der Waals surface area (Å²) in [5.74, 6) is -0.487. The Morgan fingerprint density at radius 3 is 2.65 bits per heavy atom. The number of benzene rings is 1. The first-order valence-electron chi connectivity index (χ1n) is 11.6. The molecule has 2 amide bonds. The Morgan fingerprint density at radius 2 is 1.95 bits per heavy atom. The summed E-state index contributed by atoms with van der Waals surface area (Å²) in [5.41, 5.74) is 8.59. The fourth-order valence-electron chi connectivity index (χ4n) is 4.53. The predicted molar refractivity (Wildman–Crippen MR) is 140 cm³/mol. The van der Waals surface area contributed by atoms with Crippen LogP contribution in [0.2, 0.25) is 5.02 Å². The summed E-state index contributed by atoms with van der Waals surface area (Å²) in [4.78, 5) is 34.7. The summed E-state index contributed by atoms with van der Waals surface area (Å²) >= 11 is 6.58. The van der Waals surface area contributed by atoms with Crippen molar-refractivity contribution < 1.29 is 14.0 Å². The van der Waals surface area contributed by atoms with E-state index in [-0.39, 0.29) is 29.5 Å². The zero-order valence-electron chi connectivity index (χ0n) is 19.7. The molecule has 0 radical (unpaired) electrons. The van der Waals surface area contributed by atoms with Crippen molar-refractivity contribution in [2.45, 2.75) is 18.9 Å². The molecule has 1 fully saturated rings. The number of piperidine rings is 1. The molecule has 4 heterocycles. The van der Waals surface area contributed by atoms with Crippen molar-refractivity contribution in [2.75, 3.05) is 24.1 Å². The zero-order chi connectivity index (χ0) is 26.1. The molecule has 11 heteroatoms. The fraction of sp³-hybridized carbons (Fsp3) is 0.192. The van der Waals surface area contributed by atoms with Gasteiger partial charge in [-0.25, -0.2) is 14.4 Å². The van der Waals surface area contributed by atoms with Gasteiger partial charge in [-0.3, -0.25) is 14.3 Å². The number of nitrogens with two attached hydrogens (primary N) is 1. The first-order chi connectivity index (χ1) is 17.9. The lowest BCUT2D eigenvalue weighted by atomic mass is 10.0. The molecule has 3 N–H and O–H groups in total. The van der Waals surface area contributed by atoms with Gasteiger partial charge in [0.05, 0.1) is 34.4 Å². The summed E-state index contributed by atoms with van der Waals surface area (Å²) < 4.78 is 14.9. The number of anilines is 2. The average molecular weight is 520 g/mol. The third-order valence-electron chi connectivity index (χ3n) is 6.33. The van der Waals surface area contributed by atoms with Crippen molar-refractivity contribution in [3.05, 3.63) is 77.9 Å². The van der Waals surface area contributed by atoms with Gasteiger partial charge in [0, 0.05) is 24.2 Å². The first-order valence-corrected chi connectivity index (χ1v) is 12.0. The van der Waals surface area contributed by atoms with Gasteiger partial charge in [0.2, 0.25) is 5.91 Å². The molecule has 9 nitrogen and oxygen atoms in total. The van der Waals surface area contributed by atoms with Crippen LogP contribution in [0.5, 0.6) is 0 Å². The lowest BCUT2D eigenvalue weighted by Crippen LogP contribution is -2.40. The van der Waals surface area contributed by atoms with E-state index >= 15 is 0 Å². The molecular weight excluding hydrogens is 497 g/mol. The maximum Gasteiger partial charge on any atom is 0.256 e. The van der Waals surface area contributed by atoms with Gasteiger partial charge < -0.3 is 16.0 Å². The molecule has 0 bridgehead atoms. The minimum absolute atomic E-state index is 0.110. The third kappa shape index (κ3) is 4.75. The number of hydrogen-bond acceptors (Lipinski definition) is 6. The quantitative estimate of drug-likeness (QED) is 0.375. The Hall–Kier alpha value is -4.31. The molecule has 188 valence electrons. The number of pyridine rings is 2. The van der Waals surface area contributed by atoms with Crippen molar-refractivity contribution in [2.24, 2.45) is 0 Å². The summed E-state index contributed by atoms with van der Waals surface area (Å²) in [6.07, 6.45) is 5.46. The van der Waals surface area contributed by atoms with Crippen LogP contribution in [0, 0.1) is 5.82 Å². The Labute approximate surface area is 216 Å². The smallest absolute Gasteiger partial charge is 0.256 e. The number of nitrogens with zero attached hydrogens (tertiary/aromatic N) is 5. The molecule has 3 aromatic heterocycles. The molecule has 5 rings (SSSR count). The lowest BCUT2D eigenvalue weighted by Gasteiger charge is -2.32. The van der Waals surface area contributed by atoms with E-state index in [1.807, 2.05) is 4.68 Å². The second-order valence-electron chi connectivity index (χ2n) is 8.69. The van der Waals surface area contributed by atoms with E-state index < -0.39 is 5.82 Å². The molecule has 4 aromatic rings. The molecule has 0 spiro atoms. The van der Waals surface area contributed by atoms with Crippen LogP contribution in [0.4, 0.5) is 16.0 Å². The summed E-state index contributed by atoms with van der Waals surface area (Å²) in [6, 6.07) is 9.31. The zero-order valence-corrected chi connectivity index (χ0v) is 20.5. The number of rotatable bonds is 5. The number of nitrogens with one attached hydrogen (secondary N) is 1. The number of likely N-dealkylation sites (tertiary alicyclic amines) is 1. The molecule has 1 saturated heterocycles. The highest BCUT2D eigenvalue weighted by molar-refractivity contribution is 6.35. The third-order valence-corrected chi connectivity index (χ3v) is 6.60. The van der Waals surface area contributed by atoms with Gasteiger partial charge in [-0.2, -0.15) is 5.10 Å². The normalized spacial score (nSPS) is 15.5. The Bertz CT molecular complexity index is 1500. The van der Waals surface area contributed by atoms with Gasteiger partial charge in [-0.05, 0) is 43.2 Å². The van der Waals surface area contributed by atoms with Gasteiger partial charge in [0.25, 0.3) is 5.91 Å². The van der Waals surface area contributed by atoms with Crippen molar-refractivity contribution in [1.29, 1.82) is 0 Å². The van der Waals surface area contributed by atoms with Gasteiger partial charge >= 0.3 is 0 Å². The number of hydrogen-bond donors (Lipinski definition) is 2. The van der Waals surface area contributed by atoms with Crippen LogP contribution in [0.1, 0.15) is 29.2 Å². The highest BCUT2D eigenvalue weighted by Crippen LogP contribution is 2.38. The van der Waals surface area contributed by atoms with Gasteiger partial charge in [0.15, 0.2) is 0 Å². The maximum absolute atomic E-state index is 13.1. The van der Waals surface area contributed by atoms with Crippen LogP contribution >= 0.6 is 11.6 Å². The summed E-state index contributed by atoms with van der Waals surface area (Å²) in [7, 11) is 0. The molecule has 1 aliphatic heterocycles. The first kappa shape index (κ1) is 24.4. The maximum atomic E-state index is 13.1. The van der Waals surface area contributed by atoms with Crippen LogP contribution in [0.25, 0.3) is 22.2 Å². The highest BCUT2D eigenvalue weighted by Gasteiger charge is 2.28. The van der Waals surface area contributed by atoms with Crippen molar-refractivity contribution in [1.82, 2.24) is 24.6 Å². The highest BCUT2D eigenvalue weighted by atomic mass is 35.5. The van der Waals surface area contributed by atoms with E-state index in [9.17, 15) is 14.0 Å². The number of aromatic nitrogens is 4. The number of halogens is 2. The van der Waals surface area contributed by atoms with Crippen LogP contribution in [-0.4, -0.2) is 49.6 Å². The topological polar surface area (TPSA) is 119 Å². The van der Waals surface area contributed by atoms with E-state index in [4.69, 9.17) is 22.4 Å². The van der Waals surface area contributed by atoms with Crippen molar-refractivity contribution >= 4 is 46.0 Å². The molecule has 37 heavy (non-hydrogen) atoms. The standard InChI is InChI=1S/C26H23ClFN7O2/c1-2-21(36)34-11-3-4-18(14-34)35-24-19(27)13-31-25(29)22(24)23(33-35)15-5-7-16(8-6-15)26(37)32-20-10-9-17(28)12-30-20/h2,5-10,12-13,18H,1,3-4,11,14H2,(H2,29,31)(H,30,32,37)/t18-/m1/s1. The van der Waals surface area contributed by atoms with E-state index in [1.54, 1.807) is 29.2 Å². The Balaban J connectivity index is 1.49. The molecule has 0 saturated carbocycles. The fourth-order valence-corrected chi connectivity index (χ4v) is 4.76. The van der Waals surface area contributed by atoms with Crippen LogP contribution in [-0.2, 0) is 4.79 Å². The molecule has 0 aliphatic carbocycles. The Kier molecular flexibility index (Phi) is 6.58. The minimum Gasteiger partial charge on any atom is -0.383 e. The average Bonchev–Trinajstić information content (AvgIpc) is 3.34. The number of nitrogen functional groups attached to an aromatic ring is 1. The summed E-state index contributed by atoms with van der Waals surface area (Å²) in [5, 5.41) is 8.52. The van der Waals surface area contributed by atoms with E-state index in [0.717, 1.165) is 19.0 Å². The van der Waals surface area contributed by atoms with Gasteiger partial charge in [-0.1, -0.05) is 30.3 Å². The van der Waals surface area contributed by atoms with Gasteiger partial charge in [0.1, 0.15) is 23.1 Å². The van der Waals surface area contributed by atoms with E-state index in [2.05, 4.69) is 21.9 Å². The second kappa shape index (κ2) is 9.98. The predicted octanol–water partition coefficient (Wildman–Crippen LogP) is 4.47. The van der Waals surface area contributed by atoms with Crippen LogP contribution in [0.15, 0.2) is 61.4 Å². The van der Waals surface area contributed by atoms with Crippen molar-refractivity contribution in [3.63, 3.8) is 0 Å². The van der Waals surface area contributed by atoms with E-state index in [1.165, 1.54) is 24.4 Å². The molecule has 0 unspecified atom stereocenters. The number of carbonyl (C=O) groups excluding carboxylic acids is 2. The van der Waals surface area contributed by atoms with Gasteiger partial charge in [-0.15, -0.1) is 0 Å². The lowest BCUT2D eigenvalue weighted by molar-refractivity contribution is -0.127. The molecular formula is C26H23ClFN7O2. The molecule has 1 aromatic carbocycles. The van der Waals surface area contributed by atoms with Crippen LogP contribution < -0.4 is 11.1 Å². The summed E-state index contributed by atoms with van der Waals surface area (Å²) in [6.45, 7) is 4.72. The van der Waals surface area contributed by atoms with Crippen molar-refractivity contribution in [3.8, 4) is 11.3 Å². The minimum atomic E-state index is -0.490. The molecule has 1 aliphatic rings. The monoisotopic (exact) mass is 519 g/mol. The Morgan fingerprint density at radius 1 is 1.16 bits per heavy atom. The second-order valence-corrected chi connectivity index (χ2v) is 9.09. The largest absolute Gasteiger partial charge is 0.383 e. The number of carbonyl (C=O) groups is 2. The SMILES string of the molecule is C=CC(=O)N1CCC[C@@H](n2nc(-c3ccc(C(=O)Nc4ccc(F)cn4)cc3)c3c(N)ncc(Cl)c32)C1. The van der Waals surface area contributed by atoms with E-state index in [0.29, 0.717) is 45.8 Å².